The highest BCUT2D eigenvalue weighted by Crippen LogP contribution is 2.70. The van der Waals surface area contributed by atoms with Crippen molar-refractivity contribution < 1.29 is 19.1 Å². The van der Waals surface area contributed by atoms with Gasteiger partial charge in [0.15, 0.2) is 0 Å². The van der Waals surface area contributed by atoms with Crippen LogP contribution in [-0.2, 0) is 14.3 Å². The van der Waals surface area contributed by atoms with E-state index in [1.807, 2.05) is 19.1 Å². The van der Waals surface area contributed by atoms with E-state index in [0.717, 1.165) is 29.3 Å². The minimum atomic E-state index is -0.254. The minimum Gasteiger partial charge on any atom is -0.459 e. The molecule has 1 aliphatic heterocycles. The molecule has 1 saturated heterocycles. The lowest BCUT2D eigenvalue weighted by Gasteiger charge is -2.27. The van der Waals surface area contributed by atoms with Crippen molar-refractivity contribution in [2.75, 3.05) is 0 Å². The molecule has 0 N–H and O–H groups in total. The first kappa shape index (κ1) is 19.0. The molecule has 5 heteroatoms. The van der Waals surface area contributed by atoms with E-state index in [-0.39, 0.29) is 35.5 Å². The Morgan fingerprint density at radius 3 is 2.81 bits per heavy atom. The van der Waals surface area contributed by atoms with Crippen LogP contribution in [0, 0.1) is 26.7 Å². The van der Waals surface area contributed by atoms with Crippen LogP contribution in [0.5, 0.6) is 0 Å². The van der Waals surface area contributed by atoms with E-state index >= 15 is 0 Å². The van der Waals surface area contributed by atoms with Crippen LogP contribution >= 0.6 is 22.6 Å². The van der Waals surface area contributed by atoms with Crippen LogP contribution in [0.4, 0.5) is 0 Å². The topological polar surface area (TPSA) is 52.6 Å². The molecule has 0 amide bonds. The monoisotopic (exact) mass is 480 g/mol. The zero-order chi connectivity index (χ0) is 19.3. The summed E-state index contributed by atoms with van der Waals surface area (Å²) < 4.78 is 12.2. The molecule has 144 valence electrons. The van der Waals surface area contributed by atoms with Crippen molar-refractivity contribution in [2.45, 2.75) is 51.7 Å². The van der Waals surface area contributed by atoms with Gasteiger partial charge in [-0.3, -0.25) is 0 Å². The summed E-state index contributed by atoms with van der Waals surface area (Å²) in [5.41, 5.74) is 1.52. The molecular formula is C22H25IO4. The second-order valence-electron chi connectivity index (χ2n) is 8.53. The lowest BCUT2D eigenvalue weighted by molar-refractivity contribution is -0.140. The second kappa shape index (κ2) is 6.90. The third-order valence-corrected chi connectivity index (χ3v) is 7.63. The molecule has 0 aromatic heterocycles. The van der Waals surface area contributed by atoms with Gasteiger partial charge in [0.25, 0.3) is 0 Å². The number of halogens is 1. The van der Waals surface area contributed by atoms with E-state index in [1.165, 1.54) is 0 Å². The van der Waals surface area contributed by atoms with Crippen LogP contribution in [0.1, 0.15) is 49.9 Å². The smallest absolute Gasteiger partial charge is 0.338 e. The predicted molar refractivity (Wildman–Crippen MR) is 110 cm³/mol. The van der Waals surface area contributed by atoms with Gasteiger partial charge in [0, 0.05) is 15.1 Å². The highest BCUT2D eigenvalue weighted by molar-refractivity contribution is 14.1. The standard InChI is InChI=1S/C22H25IO4/c1-12(26-21(25)14-5-7-15(23)8-6-14)4-9-17-18-10-16-13(2)20(24)27-19(16)11-22(17,18)3/h5-8,12,16-19H,2,4,9-11H2,1,3H3/t12?,16-,17?,18+,19-,22-/m1/s1. The highest BCUT2D eigenvalue weighted by Gasteiger charge is 2.66. The fourth-order valence-corrected chi connectivity index (χ4v) is 5.56. The normalized spacial score (nSPS) is 35.1. The van der Waals surface area contributed by atoms with Crippen molar-refractivity contribution in [3.8, 4) is 0 Å². The number of ether oxygens (including phenoxy) is 2. The Bertz CT molecular complexity index is 786. The largest absolute Gasteiger partial charge is 0.459 e. The third kappa shape index (κ3) is 3.43. The maximum Gasteiger partial charge on any atom is 0.338 e. The lowest BCUT2D eigenvalue weighted by Crippen LogP contribution is -2.26. The average molecular weight is 480 g/mol. The molecule has 27 heavy (non-hydrogen) atoms. The van der Waals surface area contributed by atoms with Crippen LogP contribution in [-0.4, -0.2) is 24.1 Å². The minimum absolute atomic E-state index is 0.0207. The van der Waals surface area contributed by atoms with E-state index < -0.39 is 0 Å². The Balaban J connectivity index is 1.29. The molecule has 4 rings (SSSR count). The third-order valence-electron chi connectivity index (χ3n) is 6.91. The van der Waals surface area contributed by atoms with Crippen molar-refractivity contribution in [3.05, 3.63) is 45.6 Å². The Kier molecular flexibility index (Phi) is 4.85. The summed E-state index contributed by atoms with van der Waals surface area (Å²) in [7, 11) is 0. The molecular weight excluding hydrogens is 455 g/mol. The summed E-state index contributed by atoms with van der Waals surface area (Å²) in [5.74, 6) is 0.994. The van der Waals surface area contributed by atoms with Gasteiger partial charge in [-0.25, -0.2) is 9.59 Å². The summed E-state index contributed by atoms with van der Waals surface area (Å²) >= 11 is 2.22. The van der Waals surface area contributed by atoms with Gasteiger partial charge in [-0.1, -0.05) is 13.5 Å². The first-order chi connectivity index (χ1) is 12.8. The number of esters is 2. The molecule has 1 aromatic rings. The molecule has 2 unspecified atom stereocenters. The van der Waals surface area contributed by atoms with Gasteiger partial charge >= 0.3 is 11.9 Å². The molecule has 3 aliphatic rings. The second-order valence-corrected chi connectivity index (χ2v) is 9.78. The van der Waals surface area contributed by atoms with Gasteiger partial charge in [-0.2, -0.15) is 0 Å². The molecule has 1 aromatic carbocycles. The molecule has 4 nitrogen and oxygen atoms in total. The molecule has 6 atom stereocenters. The summed E-state index contributed by atoms with van der Waals surface area (Å²) in [4.78, 5) is 24.0. The molecule has 3 fully saturated rings. The zero-order valence-electron chi connectivity index (χ0n) is 15.7. The fraction of sp³-hybridized carbons (Fsp3) is 0.545. The van der Waals surface area contributed by atoms with Crippen molar-refractivity contribution >= 4 is 34.5 Å². The van der Waals surface area contributed by atoms with E-state index in [1.54, 1.807) is 12.1 Å². The van der Waals surface area contributed by atoms with E-state index in [9.17, 15) is 9.59 Å². The van der Waals surface area contributed by atoms with E-state index in [4.69, 9.17) is 9.47 Å². The number of benzene rings is 1. The first-order valence-corrected chi connectivity index (χ1v) is 10.7. The van der Waals surface area contributed by atoms with Crippen LogP contribution in [0.15, 0.2) is 36.4 Å². The number of hydrogen-bond acceptors (Lipinski definition) is 4. The van der Waals surface area contributed by atoms with Crippen LogP contribution < -0.4 is 0 Å². The van der Waals surface area contributed by atoms with Crippen LogP contribution in [0.25, 0.3) is 0 Å². The quantitative estimate of drug-likeness (QED) is 0.347. The van der Waals surface area contributed by atoms with Crippen LogP contribution in [0.3, 0.4) is 0 Å². The van der Waals surface area contributed by atoms with Crippen molar-refractivity contribution in [1.29, 1.82) is 0 Å². The van der Waals surface area contributed by atoms with Crippen molar-refractivity contribution in [1.82, 2.24) is 0 Å². The SMILES string of the molecule is C=C1C(=O)O[C@@H]2C[C@]3(C)C(CCC(C)OC(=O)c4ccc(I)cc4)[C@@H]3C[C@H]12. The Labute approximate surface area is 173 Å². The highest BCUT2D eigenvalue weighted by atomic mass is 127. The van der Waals surface area contributed by atoms with Crippen molar-refractivity contribution in [2.24, 2.45) is 23.2 Å². The number of rotatable bonds is 5. The maximum atomic E-state index is 12.3. The van der Waals surface area contributed by atoms with E-state index in [2.05, 4.69) is 36.1 Å². The Morgan fingerprint density at radius 2 is 2.11 bits per heavy atom. The van der Waals surface area contributed by atoms with Gasteiger partial charge in [0.05, 0.1) is 11.7 Å². The molecule has 0 spiro atoms. The van der Waals surface area contributed by atoms with Gasteiger partial charge < -0.3 is 9.47 Å². The summed E-state index contributed by atoms with van der Waals surface area (Å²) in [6, 6.07) is 7.44. The predicted octanol–water partition coefficient (Wildman–Crippen LogP) is 4.76. The maximum absolute atomic E-state index is 12.3. The fourth-order valence-electron chi connectivity index (χ4n) is 5.20. The number of hydrogen-bond donors (Lipinski definition) is 0. The Hall–Kier alpha value is -1.37. The molecule has 0 radical (unpaired) electrons. The number of carbonyl (C=O) groups is 2. The van der Waals surface area contributed by atoms with Gasteiger partial charge in [0.2, 0.25) is 0 Å². The summed E-state index contributed by atoms with van der Waals surface area (Å²) in [6.07, 6.45) is 3.77. The van der Waals surface area contributed by atoms with Crippen molar-refractivity contribution in [3.63, 3.8) is 0 Å². The van der Waals surface area contributed by atoms with Crippen LogP contribution in [0.2, 0.25) is 0 Å². The summed E-state index contributed by atoms with van der Waals surface area (Å²) in [5, 5.41) is 0. The van der Waals surface area contributed by atoms with Gasteiger partial charge in [-0.15, -0.1) is 0 Å². The molecule has 0 bridgehead atoms. The number of carbonyl (C=O) groups excluding carboxylic acids is 2. The average Bonchev–Trinajstić information content (AvgIpc) is 3.10. The Morgan fingerprint density at radius 1 is 1.41 bits per heavy atom. The lowest BCUT2D eigenvalue weighted by atomic mass is 9.79. The molecule has 1 heterocycles. The molecule has 2 saturated carbocycles. The number of fused-ring (bicyclic) bond motifs is 2. The first-order valence-electron chi connectivity index (χ1n) is 9.66. The van der Waals surface area contributed by atoms with Gasteiger partial charge in [-0.05, 0) is 96.7 Å². The zero-order valence-corrected chi connectivity index (χ0v) is 17.9. The molecule has 2 aliphatic carbocycles. The summed E-state index contributed by atoms with van der Waals surface area (Å²) in [6.45, 7) is 8.21. The van der Waals surface area contributed by atoms with Gasteiger partial charge in [0.1, 0.15) is 6.10 Å². The van der Waals surface area contributed by atoms with E-state index in [0.29, 0.717) is 23.0 Å².